The van der Waals surface area contributed by atoms with E-state index in [-0.39, 0.29) is 36.7 Å². The molecule has 0 spiro atoms. The maximum atomic E-state index is 11.7. The van der Waals surface area contributed by atoms with Crippen LogP contribution in [0, 0.1) is 19.3 Å². The van der Waals surface area contributed by atoms with E-state index < -0.39 is 12.1 Å². The average Bonchev–Trinajstić information content (AvgIpc) is 2.68. The Morgan fingerprint density at radius 3 is 2.31 bits per heavy atom. The summed E-state index contributed by atoms with van der Waals surface area (Å²) in [6, 6.07) is 15.1. The van der Waals surface area contributed by atoms with Gasteiger partial charge in [0.25, 0.3) is 0 Å². The lowest BCUT2D eigenvalue weighted by molar-refractivity contribution is -0.140. The molecule has 156 valence electrons. The fraction of sp³-hybridized carbons (Fsp3) is 0.250. The summed E-state index contributed by atoms with van der Waals surface area (Å²) in [6.07, 6.45) is -0.696. The number of amidine groups is 1. The van der Waals surface area contributed by atoms with Gasteiger partial charge >= 0.3 is 12.1 Å². The molecule has 0 saturated heterocycles. The molecule has 0 unspecified atom stereocenters. The fourth-order valence-corrected chi connectivity index (χ4v) is 2.77. The Morgan fingerprint density at radius 1 is 1.00 bits per heavy atom. The molecule has 2 rings (SSSR count). The van der Waals surface area contributed by atoms with Crippen LogP contribution in [0.1, 0.15) is 16.7 Å². The second-order valence-corrected chi connectivity index (χ2v) is 6.85. The summed E-state index contributed by atoms with van der Waals surface area (Å²) in [6.45, 7) is 3.73. The molecule has 0 bridgehead atoms. The van der Waals surface area contributed by atoms with Gasteiger partial charge in [0.2, 0.25) is 0 Å². The minimum atomic E-state index is -0.696. The third-order valence-corrected chi connectivity index (χ3v) is 4.36. The summed E-state index contributed by atoms with van der Waals surface area (Å²) >= 11 is 1.04. The van der Waals surface area contributed by atoms with Crippen molar-refractivity contribution in [3.63, 3.8) is 0 Å². The van der Waals surface area contributed by atoms with Gasteiger partial charge in [-0.25, -0.2) is 4.79 Å². The van der Waals surface area contributed by atoms with Crippen molar-refractivity contribution in [3.05, 3.63) is 65.2 Å². The van der Waals surface area contributed by atoms with Crippen LogP contribution in [0.15, 0.2) is 48.5 Å². The van der Waals surface area contributed by atoms with E-state index in [1.165, 1.54) is 0 Å². The van der Waals surface area contributed by atoms with Crippen LogP contribution in [-0.2, 0) is 20.9 Å². The minimum Gasteiger partial charge on any atom is -0.453 e. The van der Waals surface area contributed by atoms with Gasteiger partial charge in [0, 0.05) is 5.69 Å². The maximum Gasteiger partial charge on any atom is 0.407 e. The van der Waals surface area contributed by atoms with Crippen LogP contribution in [0.2, 0.25) is 0 Å². The molecule has 9 heteroatoms. The third kappa shape index (κ3) is 8.89. The number of alkyl carbamates (subject to hydrolysis) is 1. The number of hydrogen-bond acceptors (Lipinski definition) is 6. The first kappa shape index (κ1) is 24.3. The number of esters is 1. The van der Waals surface area contributed by atoms with Gasteiger partial charge in [0.05, 0.1) is 0 Å². The second kappa shape index (κ2) is 12.7. The molecule has 0 heterocycles. The smallest absolute Gasteiger partial charge is 0.407 e. The molecule has 0 saturated carbocycles. The Morgan fingerprint density at radius 2 is 1.66 bits per heavy atom. The van der Waals surface area contributed by atoms with Crippen LogP contribution < -0.4 is 10.6 Å². The molecule has 0 radical (unpaired) electrons. The Balaban J connectivity index is 0.00000420. The Bertz CT molecular complexity index is 813. The fourth-order valence-electron chi connectivity index (χ4n) is 2.28. The average molecular weight is 438 g/mol. The van der Waals surface area contributed by atoms with Gasteiger partial charge in [-0.15, -0.1) is 12.4 Å². The van der Waals surface area contributed by atoms with E-state index in [4.69, 9.17) is 14.9 Å². The summed E-state index contributed by atoms with van der Waals surface area (Å²) < 4.78 is 10.00. The van der Waals surface area contributed by atoms with Gasteiger partial charge in [-0.1, -0.05) is 48.5 Å². The lowest BCUT2D eigenvalue weighted by Crippen LogP contribution is -2.31. The van der Waals surface area contributed by atoms with Crippen LogP contribution in [0.25, 0.3) is 0 Å². The van der Waals surface area contributed by atoms with Gasteiger partial charge in [-0.05, 0) is 42.3 Å². The number of thioether (sulfide) groups is 1. The summed E-state index contributed by atoms with van der Waals surface area (Å²) in [5.41, 5.74) is 3.78. The molecule has 1 amide bonds. The number of benzene rings is 2. The number of rotatable bonds is 7. The molecule has 0 fully saturated rings. The Kier molecular flexibility index (Phi) is 10.6. The molecular weight excluding hydrogens is 414 g/mol. The van der Waals surface area contributed by atoms with Gasteiger partial charge in [-0.2, -0.15) is 0 Å². The first-order valence-corrected chi connectivity index (χ1v) is 9.59. The normalized spacial score (nSPS) is 9.72. The van der Waals surface area contributed by atoms with Crippen molar-refractivity contribution in [2.45, 2.75) is 20.5 Å². The monoisotopic (exact) mass is 437 g/mol. The number of anilines is 1. The molecule has 0 aliphatic rings. The SMILES string of the molecule is Cc1cccc(C)c1NC(=N)SCOC(=O)CNC(=O)OCc1ccccc1.Cl. The number of para-hydroxylation sites is 1. The van der Waals surface area contributed by atoms with Crippen molar-refractivity contribution in [2.24, 2.45) is 0 Å². The van der Waals surface area contributed by atoms with Crippen LogP contribution in [-0.4, -0.2) is 29.7 Å². The van der Waals surface area contributed by atoms with E-state index in [1.807, 2.05) is 62.4 Å². The quantitative estimate of drug-likeness (QED) is 0.259. The molecule has 7 nitrogen and oxygen atoms in total. The van der Waals surface area contributed by atoms with E-state index in [9.17, 15) is 9.59 Å². The number of carbonyl (C=O) groups excluding carboxylic acids is 2. The first-order valence-electron chi connectivity index (χ1n) is 8.60. The van der Waals surface area contributed by atoms with Gasteiger partial charge in [0.15, 0.2) is 5.17 Å². The van der Waals surface area contributed by atoms with E-state index in [1.54, 1.807) is 0 Å². The summed E-state index contributed by atoms with van der Waals surface area (Å²) in [7, 11) is 0. The lowest BCUT2D eigenvalue weighted by atomic mass is 10.1. The molecule has 3 N–H and O–H groups in total. The van der Waals surface area contributed by atoms with E-state index in [0.29, 0.717) is 0 Å². The molecule has 2 aromatic carbocycles. The van der Waals surface area contributed by atoms with Crippen LogP contribution in [0.4, 0.5) is 10.5 Å². The highest BCUT2D eigenvalue weighted by Crippen LogP contribution is 2.20. The molecule has 0 aromatic heterocycles. The van der Waals surface area contributed by atoms with Gasteiger partial charge < -0.3 is 20.1 Å². The molecule has 0 aliphatic heterocycles. The third-order valence-electron chi connectivity index (χ3n) is 3.73. The minimum absolute atomic E-state index is 0. The summed E-state index contributed by atoms with van der Waals surface area (Å²) in [5.74, 6) is -0.639. The predicted octanol–water partition coefficient (Wildman–Crippen LogP) is 4.23. The van der Waals surface area contributed by atoms with Crippen molar-refractivity contribution in [1.29, 1.82) is 5.41 Å². The zero-order chi connectivity index (χ0) is 20.4. The molecule has 29 heavy (non-hydrogen) atoms. The zero-order valence-electron chi connectivity index (χ0n) is 16.2. The van der Waals surface area contributed by atoms with E-state index >= 15 is 0 Å². The molecule has 0 atom stereocenters. The van der Waals surface area contributed by atoms with Crippen LogP contribution in [0.5, 0.6) is 0 Å². The lowest BCUT2D eigenvalue weighted by Gasteiger charge is -2.13. The Labute approximate surface area is 180 Å². The number of nitrogens with one attached hydrogen (secondary N) is 3. The number of carbonyl (C=O) groups is 2. The van der Waals surface area contributed by atoms with Gasteiger partial charge in [0.1, 0.15) is 19.1 Å². The topological polar surface area (TPSA) is 101 Å². The number of ether oxygens (including phenoxy) is 2. The molecular formula is C20H24ClN3O4S. The second-order valence-electron chi connectivity index (χ2n) is 5.91. The van der Waals surface area contributed by atoms with Crippen molar-refractivity contribution in [2.75, 3.05) is 17.8 Å². The number of halogens is 1. The summed E-state index contributed by atoms with van der Waals surface area (Å²) in [4.78, 5) is 23.3. The summed E-state index contributed by atoms with van der Waals surface area (Å²) in [5, 5.41) is 13.4. The zero-order valence-corrected chi connectivity index (χ0v) is 17.8. The largest absolute Gasteiger partial charge is 0.453 e. The van der Waals surface area contributed by atoms with Crippen molar-refractivity contribution in [3.8, 4) is 0 Å². The first-order chi connectivity index (χ1) is 13.5. The number of amides is 1. The standard InChI is InChI=1S/C20H23N3O4S.ClH/c1-14-7-6-8-15(2)18(14)23-19(21)28-13-27-17(24)11-22-20(25)26-12-16-9-4-3-5-10-16;/h3-10H,11-13H2,1-2H3,(H2,21,23)(H,22,25);1H. The van der Waals surface area contributed by atoms with E-state index in [0.717, 1.165) is 34.1 Å². The van der Waals surface area contributed by atoms with Crippen LogP contribution >= 0.6 is 24.2 Å². The van der Waals surface area contributed by atoms with Crippen molar-refractivity contribution >= 4 is 47.1 Å². The number of hydrogen-bond donors (Lipinski definition) is 3. The van der Waals surface area contributed by atoms with Crippen LogP contribution in [0.3, 0.4) is 0 Å². The predicted molar refractivity (Wildman–Crippen MR) is 118 cm³/mol. The molecule has 0 aliphatic carbocycles. The van der Waals surface area contributed by atoms with Crippen molar-refractivity contribution < 1.29 is 19.1 Å². The number of aryl methyl sites for hydroxylation is 2. The highest BCUT2D eigenvalue weighted by molar-refractivity contribution is 8.13. The van der Waals surface area contributed by atoms with Crippen molar-refractivity contribution in [1.82, 2.24) is 5.32 Å². The molecule has 2 aromatic rings. The van der Waals surface area contributed by atoms with E-state index in [2.05, 4.69) is 10.6 Å². The highest BCUT2D eigenvalue weighted by atomic mass is 35.5. The Hall–Kier alpha value is -2.71. The van der Waals surface area contributed by atoms with Gasteiger partial charge in [-0.3, -0.25) is 10.2 Å². The maximum absolute atomic E-state index is 11.7. The highest BCUT2D eigenvalue weighted by Gasteiger charge is 2.09.